The van der Waals surface area contributed by atoms with Crippen LogP contribution in [0.1, 0.15) is 34.1 Å². The van der Waals surface area contributed by atoms with Crippen LogP contribution in [0.4, 0.5) is 0 Å². The summed E-state index contributed by atoms with van der Waals surface area (Å²) in [6, 6.07) is 0. The molecule has 2 N–H and O–H groups in total. The van der Waals surface area contributed by atoms with Crippen LogP contribution < -0.4 is 5.73 Å². The second-order valence-electron chi connectivity index (χ2n) is 7.29. The minimum atomic E-state index is 0.241. The van der Waals surface area contributed by atoms with Crippen molar-refractivity contribution in [2.45, 2.75) is 44.4 Å². The minimum Gasteiger partial charge on any atom is -0.329 e. The number of nitrogens with two attached hydrogens (primary N) is 1. The molecule has 18 heavy (non-hydrogen) atoms. The summed E-state index contributed by atoms with van der Waals surface area (Å²) in [6.45, 7) is 12.7. The van der Waals surface area contributed by atoms with Gasteiger partial charge in [-0.3, -0.25) is 4.90 Å². The van der Waals surface area contributed by atoms with Gasteiger partial charge in [-0.15, -0.1) is 0 Å². The Morgan fingerprint density at radius 2 is 1.89 bits per heavy atom. The molecular formula is C14H28N2S2. The van der Waals surface area contributed by atoms with E-state index in [1.54, 1.807) is 0 Å². The first-order valence-corrected chi connectivity index (χ1v) is 9.10. The van der Waals surface area contributed by atoms with E-state index < -0.39 is 0 Å². The molecule has 0 amide bonds. The molecule has 2 aliphatic rings. The molecule has 2 heterocycles. The first kappa shape index (κ1) is 15.0. The van der Waals surface area contributed by atoms with Crippen LogP contribution >= 0.6 is 23.5 Å². The number of thioether (sulfide) groups is 2. The van der Waals surface area contributed by atoms with E-state index in [0.29, 0.717) is 10.2 Å². The Morgan fingerprint density at radius 3 is 2.44 bits per heavy atom. The highest BCUT2D eigenvalue weighted by molar-refractivity contribution is 8.00. The predicted octanol–water partition coefficient (Wildman–Crippen LogP) is 2.67. The maximum absolute atomic E-state index is 6.22. The third-order valence-electron chi connectivity index (χ3n) is 4.15. The Hall–Kier alpha value is 0.620. The Kier molecular flexibility index (Phi) is 4.33. The molecule has 2 rings (SSSR count). The first-order chi connectivity index (χ1) is 8.29. The molecule has 106 valence electrons. The van der Waals surface area contributed by atoms with Crippen LogP contribution in [0, 0.1) is 5.41 Å². The van der Waals surface area contributed by atoms with Gasteiger partial charge >= 0.3 is 0 Å². The largest absolute Gasteiger partial charge is 0.329 e. The van der Waals surface area contributed by atoms with E-state index in [0.717, 1.165) is 6.54 Å². The number of hydrogen-bond acceptors (Lipinski definition) is 4. The maximum Gasteiger partial charge on any atom is 0.0428 e. The fraction of sp³-hybridized carbons (Fsp3) is 1.00. The lowest BCUT2D eigenvalue weighted by atomic mass is 9.78. The Labute approximate surface area is 121 Å². The van der Waals surface area contributed by atoms with Crippen LogP contribution in [0.3, 0.4) is 0 Å². The van der Waals surface area contributed by atoms with E-state index in [1.807, 2.05) is 0 Å². The minimum absolute atomic E-state index is 0.241. The SMILES string of the molecule is CC1(C)CSCC(CN)(N2CCSC(C)(C)C2)C1. The fourth-order valence-corrected chi connectivity index (χ4v) is 6.05. The van der Waals surface area contributed by atoms with Crippen molar-refractivity contribution in [3.8, 4) is 0 Å². The third-order valence-corrected chi connectivity index (χ3v) is 7.17. The monoisotopic (exact) mass is 288 g/mol. The van der Waals surface area contributed by atoms with Crippen LogP contribution in [0.2, 0.25) is 0 Å². The van der Waals surface area contributed by atoms with Gasteiger partial charge < -0.3 is 5.73 Å². The van der Waals surface area contributed by atoms with Crippen molar-refractivity contribution in [3.05, 3.63) is 0 Å². The number of hydrogen-bond donors (Lipinski definition) is 1. The summed E-state index contributed by atoms with van der Waals surface area (Å²) in [6.07, 6.45) is 1.25. The number of nitrogens with zero attached hydrogens (tertiary/aromatic N) is 1. The number of rotatable bonds is 2. The smallest absolute Gasteiger partial charge is 0.0428 e. The van der Waals surface area contributed by atoms with Gasteiger partial charge in [0.25, 0.3) is 0 Å². The standard InChI is InChI=1S/C14H28N2S2/c1-12(2)7-14(8-15,11-17-10-12)16-5-6-18-13(3,4)9-16/h5-11,15H2,1-4H3. The molecular weight excluding hydrogens is 260 g/mol. The highest BCUT2D eigenvalue weighted by Gasteiger charge is 2.46. The summed E-state index contributed by atoms with van der Waals surface area (Å²) in [5.74, 6) is 3.74. The summed E-state index contributed by atoms with van der Waals surface area (Å²) in [4.78, 5) is 2.71. The Morgan fingerprint density at radius 1 is 1.17 bits per heavy atom. The summed E-state index contributed by atoms with van der Waals surface area (Å²) in [5, 5.41) is 0. The average Bonchev–Trinajstić information content (AvgIpc) is 2.26. The highest BCUT2D eigenvalue weighted by atomic mass is 32.2. The zero-order valence-electron chi connectivity index (χ0n) is 12.3. The summed E-state index contributed by atoms with van der Waals surface area (Å²) >= 11 is 4.21. The van der Waals surface area contributed by atoms with E-state index in [9.17, 15) is 0 Å². The van der Waals surface area contributed by atoms with Crippen molar-refractivity contribution in [3.63, 3.8) is 0 Å². The summed E-state index contributed by atoms with van der Waals surface area (Å²) in [7, 11) is 0. The molecule has 0 saturated carbocycles. The van der Waals surface area contributed by atoms with E-state index in [2.05, 4.69) is 56.1 Å². The van der Waals surface area contributed by atoms with Crippen LogP contribution in [-0.2, 0) is 0 Å². The topological polar surface area (TPSA) is 29.3 Å². The molecule has 0 radical (unpaired) electrons. The van der Waals surface area contributed by atoms with Gasteiger partial charge in [-0.1, -0.05) is 13.8 Å². The molecule has 2 nitrogen and oxygen atoms in total. The van der Waals surface area contributed by atoms with Crippen molar-refractivity contribution in [2.24, 2.45) is 11.1 Å². The van der Waals surface area contributed by atoms with Crippen LogP contribution in [0.25, 0.3) is 0 Å². The zero-order valence-corrected chi connectivity index (χ0v) is 13.9. The van der Waals surface area contributed by atoms with Crippen molar-refractivity contribution in [1.29, 1.82) is 0 Å². The molecule has 0 bridgehead atoms. The summed E-state index contributed by atoms with van der Waals surface area (Å²) in [5.41, 5.74) is 6.89. The predicted molar refractivity (Wildman–Crippen MR) is 85.6 cm³/mol. The molecule has 4 heteroatoms. The Balaban J connectivity index is 2.16. The van der Waals surface area contributed by atoms with Gasteiger partial charge in [0, 0.05) is 41.4 Å². The van der Waals surface area contributed by atoms with Gasteiger partial charge in [-0.2, -0.15) is 23.5 Å². The lowest BCUT2D eigenvalue weighted by Crippen LogP contribution is -2.63. The van der Waals surface area contributed by atoms with E-state index in [-0.39, 0.29) is 5.54 Å². The van der Waals surface area contributed by atoms with Crippen LogP contribution in [0.15, 0.2) is 0 Å². The molecule has 0 aromatic rings. The molecule has 1 atom stereocenters. The molecule has 0 aromatic heterocycles. The van der Waals surface area contributed by atoms with Gasteiger partial charge in [0.2, 0.25) is 0 Å². The van der Waals surface area contributed by atoms with Crippen molar-refractivity contribution in [1.82, 2.24) is 4.90 Å². The van der Waals surface area contributed by atoms with E-state index in [4.69, 9.17) is 5.73 Å². The van der Waals surface area contributed by atoms with E-state index >= 15 is 0 Å². The molecule has 1 unspecified atom stereocenters. The van der Waals surface area contributed by atoms with Gasteiger partial charge in [0.05, 0.1) is 0 Å². The molecule has 0 aliphatic carbocycles. The third kappa shape index (κ3) is 3.20. The van der Waals surface area contributed by atoms with Crippen molar-refractivity contribution >= 4 is 23.5 Å². The lowest BCUT2D eigenvalue weighted by Gasteiger charge is -2.54. The lowest BCUT2D eigenvalue weighted by molar-refractivity contribution is 0.0642. The average molecular weight is 289 g/mol. The normalized spacial score (nSPS) is 36.5. The van der Waals surface area contributed by atoms with Gasteiger partial charge in [0.15, 0.2) is 0 Å². The van der Waals surface area contributed by atoms with Gasteiger partial charge in [0.1, 0.15) is 0 Å². The first-order valence-electron chi connectivity index (χ1n) is 6.96. The van der Waals surface area contributed by atoms with Gasteiger partial charge in [-0.05, 0) is 31.4 Å². The summed E-state index contributed by atoms with van der Waals surface area (Å²) < 4.78 is 0.382. The highest BCUT2D eigenvalue weighted by Crippen LogP contribution is 2.44. The second-order valence-corrected chi connectivity index (χ2v) is 10.1. The molecule has 2 aliphatic heterocycles. The molecule has 0 aromatic carbocycles. The quantitative estimate of drug-likeness (QED) is 0.846. The van der Waals surface area contributed by atoms with E-state index in [1.165, 1.54) is 36.8 Å². The molecule has 0 spiro atoms. The van der Waals surface area contributed by atoms with Crippen LogP contribution in [0.5, 0.6) is 0 Å². The van der Waals surface area contributed by atoms with Crippen molar-refractivity contribution in [2.75, 3.05) is 36.9 Å². The molecule has 2 fully saturated rings. The van der Waals surface area contributed by atoms with Crippen LogP contribution in [-0.4, -0.2) is 52.1 Å². The van der Waals surface area contributed by atoms with Gasteiger partial charge in [-0.25, -0.2) is 0 Å². The zero-order chi connectivity index (χ0) is 13.4. The molecule has 2 saturated heterocycles. The fourth-order valence-electron chi connectivity index (χ4n) is 3.39. The second kappa shape index (κ2) is 5.19. The van der Waals surface area contributed by atoms with Crippen molar-refractivity contribution < 1.29 is 0 Å². The maximum atomic E-state index is 6.22. The Bertz CT molecular complexity index is 304.